The zero-order chi connectivity index (χ0) is 14.8. The van der Waals surface area contributed by atoms with Gasteiger partial charge in [-0.3, -0.25) is 9.20 Å². The predicted octanol–water partition coefficient (Wildman–Crippen LogP) is 2.64. The predicted molar refractivity (Wildman–Crippen MR) is 78.8 cm³/mol. The first-order valence-corrected chi connectivity index (χ1v) is 6.36. The summed E-state index contributed by atoms with van der Waals surface area (Å²) in [5.74, 6) is -0.845. The molecule has 1 aromatic carbocycles. The Labute approximate surface area is 120 Å². The molecule has 2 heterocycles. The second kappa shape index (κ2) is 5.20. The third-order valence-electron chi connectivity index (χ3n) is 3.09. The lowest BCUT2D eigenvalue weighted by Crippen LogP contribution is -2.05. The first kappa shape index (κ1) is 13.1. The van der Waals surface area contributed by atoms with Crippen molar-refractivity contribution in [2.75, 3.05) is 0 Å². The summed E-state index contributed by atoms with van der Waals surface area (Å²) < 4.78 is 14.9. The van der Waals surface area contributed by atoms with Crippen molar-refractivity contribution in [1.29, 1.82) is 0 Å². The number of hydrogen-bond acceptors (Lipinski definition) is 2. The molecule has 5 heteroatoms. The van der Waals surface area contributed by atoms with Gasteiger partial charge in [-0.2, -0.15) is 0 Å². The van der Waals surface area contributed by atoms with Gasteiger partial charge in [-0.1, -0.05) is 6.07 Å². The van der Waals surface area contributed by atoms with E-state index < -0.39 is 5.91 Å². The maximum Gasteiger partial charge on any atom is 0.241 e. The van der Waals surface area contributed by atoms with Gasteiger partial charge in [0.1, 0.15) is 11.5 Å². The van der Waals surface area contributed by atoms with Crippen molar-refractivity contribution < 1.29 is 9.18 Å². The topological polar surface area (TPSA) is 60.4 Å². The number of aromatic nitrogens is 2. The van der Waals surface area contributed by atoms with Crippen LogP contribution in [0.5, 0.6) is 0 Å². The number of primary amides is 1. The highest BCUT2D eigenvalue weighted by Crippen LogP contribution is 2.25. The Hall–Kier alpha value is -2.95. The number of carbonyl (C=O) groups is 1. The van der Waals surface area contributed by atoms with Gasteiger partial charge in [-0.25, -0.2) is 9.37 Å². The van der Waals surface area contributed by atoms with Gasteiger partial charge < -0.3 is 5.73 Å². The minimum atomic E-state index is -0.536. The Morgan fingerprint density at radius 2 is 1.95 bits per heavy atom. The Morgan fingerprint density at radius 3 is 2.67 bits per heavy atom. The van der Waals surface area contributed by atoms with Gasteiger partial charge in [-0.05, 0) is 42.5 Å². The monoisotopic (exact) mass is 281 g/mol. The lowest BCUT2D eigenvalue weighted by Gasteiger charge is -2.00. The van der Waals surface area contributed by atoms with Gasteiger partial charge in [0.15, 0.2) is 0 Å². The Bertz CT molecular complexity index is 834. The van der Waals surface area contributed by atoms with Crippen LogP contribution in [0.4, 0.5) is 4.39 Å². The molecular weight excluding hydrogens is 269 g/mol. The van der Waals surface area contributed by atoms with Crippen molar-refractivity contribution in [2.24, 2.45) is 5.73 Å². The van der Waals surface area contributed by atoms with E-state index >= 15 is 0 Å². The molecule has 0 aliphatic rings. The van der Waals surface area contributed by atoms with E-state index in [0.29, 0.717) is 5.69 Å². The third kappa shape index (κ3) is 2.53. The summed E-state index contributed by atoms with van der Waals surface area (Å²) in [6, 6.07) is 11.6. The number of nitrogens with zero attached hydrogens (tertiary/aromatic N) is 2. The lowest BCUT2D eigenvalue weighted by molar-refractivity contribution is -0.113. The van der Waals surface area contributed by atoms with E-state index in [0.717, 1.165) is 16.9 Å². The molecule has 2 N–H and O–H groups in total. The number of benzene rings is 1. The molecule has 0 bridgehead atoms. The number of nitrogens with two attached hydrogens (primary N) is 1. The summed E-state index contributed by atoms with van der Waals surface area (Å²) >= 11 is 0. The molecule has 1 amide bonds. The molecule has 0 saturated carbocycles. The highest BCUT2D eigenvalue weighted by molar-refractivity contribution is 5.91. The molecule has 3 aromatic rings. The summed E-state index contributed by atoms with van der Waals surface area (Å²) in [6.07, 6.45) is 4.74. The molecular formula is C16H12FN3O. The Balaban J connectivity index is 2.23. The summed E-state index contributed by atoms with van der Waals surface area (Å²) in [7, 11) is 0. The molecule has 104 valence electrons. The fourth-order valence-corrected chi connectivity index (χ4v) is 2.16. The molecule has 0 fully saturated rings. The van der Waals surface area contributed by atoms with Crippen LogP contribution in [0.2, 0.25) is 0 Å². The van der Waals surface area contributed by atoms with Crippen LogP contribution in [-0.4, -0.2) is 15.3 Å². The molecule has 0 radical (unpaired) electrons. The number of carbonyl (C=O) groups excluding carboxylic acids is 1. The smallest absolute Gasteiger partial charge is 0.241 e. The summed E-state index contributed by atoms with van der Waals surface area (Å²) in [4.78, 5) is 15.5. The van der Waals surface area contributed by atoms with Crippen LogP contribution in [-0.2, 0) is 4.79 Å². The quantitative estimate of drug-likeness (QED) is 0.750. The van der Waals surface area contributed by atoms with Gasteiger partial charge in [0.05, 0.1) is 11.4 Å². The number of imidazole rings is 1. The Morgan fingerprint density at radius 1 is 1.19 bits per heavy atom. The molecule has 3 rings (SSSR count). The van der Waals surface area contributed by atoms with Crippen LogP contribution < -0.4 is 5.73 Å². The zero-order valence-corrected chi connectivity index (χ0v) is 11.0. The van der Waals surface area contributed by atoms with Crippen LogP contribution in [0.3, 0.4) is 0 Å². The van der Waals surface area contributed by atoms with Gasteiger partial charge in [-0.15, -0.1) is 0 Å². The molecule has 0 saturated heterocycles. The van der Waals surface area contributed by atoms with Gasteiger partial charge in [0.25, 0.3) is 0 Å². The van der Waals surface area contributed by atoms with Crippen molar-refractivity contribution in [3.63, 3.8) is 0 Å². The highest BCUT2D eigenvalue weighted by Gasteiger charge is 2.11. The third-order valence-corrected chi connectivity index (χ3v) is 3.09. The molecule has 21 heavy (non-hydrogen) atoms. The SMILES string of the molecule is NC(=O)/C=C/c1c(-c2ccc(F)cc2)nc2ccccn12. The van der Waals surface area contributed by atoms with Gasteiger partial charge in [0.2, 0.25) is 5.91 Å². The van der Waals surface area contributed by atoms with Gasteiger partial charge in [0, 0.05) is 17.8 Å². The summed E-state index contributed by atoms with van der Waals surface area (Å²) in [6.45, 7) is 0. The van der Waals surface area contributed by atoms with E-state index in [2.05, 4.69) is 4.98 Å². The summed E-state index contributed by atoms with van der Waals surface area (Å²) in [5.41, 5.74) is 8.05. The molecule has 0 spiro atoms. The molecule has 0 aliphatic heterocycles. The average molecular weight is 281 g/mol. The number of halogens is 1. The first-order valence-electron chi connectivity index (χ1n) is 6.36. The van der Waals surface area contributed by atoms with Crippen molar-refractivity contribution in [1.82, 2.24) is 9.38 Å². The lowest BCUT2D eigenvalue weighted by atomic mass is 10.1. The van der Waals surface area contributed by atoms with E-state index in [1.807, 2.05) is 28.8 Å². The number of pyridine rings is 1. The van der Waals surface area contributed by atoms with E-state index in [4.69, 9.17) is 5.73 Å². The van der Waals surface area contributed by atoms with E-state index in [1.54, 1.807) is 18.2 Å². The maximum absolute atomic E-state index is 13.1. The van der Waals surface area contributed by atoms with E-state index in [9.17, 15) is 9.18 Å². The minimum Gasteiger partial charge on any atom is -0.366 e. The Kier molecular flexibility index (Phi) is 3.23. The van der Waals surface area contributed by atoms with Gasteiger partial charge >= 0.3 is 0 Å². The van der Waals surface area contributed by atoms with E-state index in [1.165, 1.54) is 18.2 Å². The molecule has 2 aromatic heterocycles. The second-order valence-corrected chi connectivity index (χ2v) is 4.52. The minimum absolute atomic E-state index is 0.309. The number of amides is 1. The first-order chi connectivity index (χ1) is 10.1. The van der Waals surface area contributed by atoms with Crippen molar-refractivity contribution in [3.8, 4) is 11.3 Å². The molecule has 0 unspecified atom stereocenters. The van der Waals surface area contributed by atoms with Crippen molar-refractivity contribution >= 4 is 17.6 Å². The fourth-order valence-electron chi connectivity index (χ4n) is 2.16. The van der Waals surface area contributed by atoms with Crippen LogP contribution in [0.15, 0.2) is 54.7 Å². The number of hydrogen-bond donors (Lipinski definition) is 1. The normalized spacial score (nSPS) is 11.3. The van der Waals surface area contributed by atoms with E-state index in [-0.39, 0.29) is 5.82 Å². The fraction of sp³-hybridized carbons (Fsp3) is 0. The average Bonchev–Trinajstić information content (AvgIpc) is 2.84. The van der Waals surface area contributed by atoms with Crippen LogP contribution in [0.1, 0.15) is 5.69 Å². The zero-order valence-electron chi connectivity index (χ0n) is 11.0. The standard InChI is InChI=1S/C16H12FN3O/c17-12-6-4-11(5-7-12)16-13(8-9-14(18)21)20-10-2-1-3-15(20)19-16/h1-10H,(H2,18,21)/b9-8+. The number of rotatable bonds is 3. The highest BCUT2D eigenvalue weighted by atomic mass is 19.1. The van der Waals surface area contributed by atoms with Crippen LogP contribution in [0.25, 0.3) is 23.0 Å². The van der Waals surface area contributed by atoms with Crippen LogP contribution in [0, 0.1) is 5.82 Å². The molecule has 0 aliphatic carbocycles. The largest absolute Gasteiger partial charge is 0.366 e. The maximum atomic E-state index is 13.1. The second-order valence-electron chi connectivity index (χ2n) is 4.52. The number of fused-ring (bicyclic) bond motifs is 1. The van der Waals surface area contributed by atoms with Crippen LogP contribution >= 0.6 is 0 Å². The summed E-state index contributed by atoms with van der Waals surface area (Å²) in [5, 5.41) is 0. The van der Waals surface area contributed by atoms with Crippen molar-refractivity contribution in [2.45, 2.75) is 0 Å². The molecule has 4 nitrogen and oxygen atoms in total. The van der Waals surface area contributed by atoms with Crippen molar-refractivity contribution in [3.05, 3.63) is 66.2 Å². The molecule has 0 atom stereocenters.